The van der Waals surface area contributed by atoms with Crippen molar-refractivity contribution >= 4 is 97.4 Å². The first kappa shape index (κ1) is 38.4. The first-order valence-corrected chi connectivity index (χ1v) is 23.1. The summed E-state index contributed by atoms with van der Waals surface area (Å²) >= 11 is 0. The van der Waals surface area contributed by atoms with Gasteiger partial charge in [-0.15, -0.1) is 0 Å². The molecule has 0 aliphatic carbocycles. The summed E-state index contributed by atoms with van der Waals surface area (Å²) in [5.41, 5.74) is 15.8. The highest BCUT2D eigenvalue weighted by atomic mass is 16.5. The standard InChI is InChI=1S/C60H39B2N3O3/c1-6-20-40(21-7-1)63(41-22-8-2-9-23-41)45-36-52-57-54(37-45)67-59-49(61(57)47-30-16-18-32-51(47)65(52)44-28-14-5-15-29-44)34-35-50-60(59)68-56-39-46(38-55-58(56)62(50)48-31-17-19-33-53(48)66-55)64(42-24-10-3-11-25-42)43-26-12-4-13-27-43/h1-39H. The molecule has 68 heavy (non-hydrogen) atoms. The van der Waals surface area contributed by atoms with E-state index < -0.39 is 0 Å². The van der Waals surface area contributed by atoms with Gasteiger partial charge in [0.2, 0.25) is 0 Å². The van der Waals surface area contributed by atoms with Crippen LogP contribution in [0.15, 0.2) is 237 Å². The molecule has 10 aromatic carbocycles. The topological polar surface area (TPSA) is 37.4 Å². The maximum Gasteiger partial charge on any atom is 0.260 e. The highest BCUT2D eigenvalue weighted by Crippen LogP contribution is 2.49. The van der Waals surface area contributed by atoms with Crippen molar-refractivity contribution in [2.24, 2.45) is 0 Å². The van der Waals surface area contributed by atoms with Crippen molar-refractivity contribution in [1.29, 1.82) is 0 Å². The molecule has 0 radical (unpaired) electrons. The zero-order chi connectivity index (χ0) is 44.7. The second kappa shape index (κ2) is 15.4. The second-order valence-corrected chi connectivity index (χ2v) is 17.6. The minimum atomic E-state index is -0.166. The lowest BCUT2D eigenvalue weighted by Gasteiger charge is -2.42. The zero-order valence-electron chi connectivity index (χ0n) is 36.7. The van der Waals surface area contributed by atoms with Gasteiger partial charge in [0.05, 0.1) is 11.4 Å². The van der Waals surface area contributed by atoms with Gasteiger partial charge in [0.1, 0.15) is 23.0 Å². The van der Waals surface area contributed by atoms with E-state index in [1.165, 1.54) is 5.46 Å². The van der Waals surface area contributed by atoms with Gasteiger partial charge in [-0.3, -0.25) is 0 Å². The molecule has 4 aliphatic rings. The van der Waals surface area contributed by atoms with Gasteiger partial charge in [-0.1, -0.05) is 140 Å². The molecule has 0 aromatic heterocycles. The molecule has 0 atom stereocenters. The lowest BCUT2D eigenvalue weighted by Crippen LogP contribution is -2.61. The Balaban J connectivity index is 1.01. The summed E-state index contributed by atoms with van der Waals surface area (Å²) in [6.07, 6.45) is 0. The summed E-state index contributed by atoms with van der Waals surface area (Å²) in [6, 6.07) is 83.4. The van der Waals surface area contributed by atoms with E-state index in [1.807, 2.05) is 18.2 Å². The van der Waals surface area contributed by atoms with Crippen LogP contribution in [0.1, 0.15) is 0 Å². The quantitative estimate of drug-likeness (QED) is 0.149. The number of ether oxygens (including phenoxy) is 3. The smallest absolute Gasteiger partial charge is 0.260 e. The molecule has 6 nitrogen and oxygen atoms in total. The third kappa shape index (κ3) is 5.94. The molecular weight excluding hydrogens is 832 g/mol. The molecule has 318 valence electrons. The van der Waals surface area contributed by atoms with Crippen molar-refractivity contribution in [2.75, 3.05) is 14.7 Å². The summed E-state index contributed by atoms with van der Waals surface area (Å²) in [5.74, 6) is 4.56. The van der Waals surface area contributed by atoms with Crippen molar-refractivity contribution in [3.63, 3.8) is 0 Å². The maximum atomic E-state index is 7.52. The van der Waals surface area contributed by atoms with E-state index in [9.17, 15) is 0 Å². The minimum absolute atomic E-state index is 0.151. The van der Waals surface area contributed by atoms with E-state index in [1.54, 1.807) is 0 Å². The molecule has 0 saturated heterocycles. The number of para-hydroxylation sites is 7. The van der Waals surface area contributed by atoms with E-state index in [-0.39, 0.29) is 13.4 Å². The van der Waals surface area contributed by atoms with Gasteiger partial charge in [0, 0.05) is 63.5 Å². The van der Waals surface area contributed by atoms with Gasteiger partial charge in [-0.2, -0.15) is 0 Å². The molecule has 8 heteroatoms. The summed E-state index contributed by atoms with van der Waals surface area (Å²) in [6.45, 7) is -0.317. The van der Waals surface area contributed by atoms with Gasteiger partial charge in [-0.05, 0) is 106 Å². The fraction of sp³-hybridized carbons (Fsp3) is 0. The summed E-state index contributed by atoms with van der Waals surface area (Å²) in [4.78, 5) is 6.97. The fourth-order valence-corrected chi connectivity index (χ4v) is 10.9. The number of anilines is 9. The Morgan fingerprint density at radius 3 is 1.25 bits per heavy atom. The molecule has 14 rings (SSSR count). The Kier molecular flexibility index (Phi) is 8.68. The molecule has 0 spiro atoms. The van der Waals surface area contributed by atoms with E-state index >= 15 is 0 Å². The normalized spacial score (nSPS) is 13.0. The highest BCUT2D eigenvalue weighted by Gasteiger charge is 2.47. The number of benzene rings is 10. The second-order valence-electron chi connectivity index (χ2n) is 17.6. The molecule has 0 amide bonds. The SMILES string of the molecule is c1ccc(N(c2ccccc2)c2cc3c4c(c2)Oc2c(ccc5c2Oc2cc(N(c6ccccc6)c6ccccc6)cc6c2B5c2ccccc2N6c2ccccc2)B4c2ccccc2O3)cc1. The van der Waals surface area contributed by atoms with Gasteiger partial charge in [0.15, 0.2) is 11.5 Å². The van der Waals surface area contributed by atoms with Gasteiger partial charge < -0.3 is 28.9 Å². The zero-order valence-corrected chi connectivity index (χ0v) is 36.7. The summed E-state index contributed by atoms with van der Waals surface area (Å²) in [7, 11) is 0. The Hall–Kier alpha value is -8.87. The number of hydrogen-bond acceptors (Lipinski definition) is 6. The van der Waals surface area contributed by atoms with Crippen molar-refractivity contribution in [3.05, 3.63) is 237 Å². The van der Waals surface area contributed by atoms with Crippen molar-refractivity contribution in [3.8, 4) is 34.5 Å². The minimum Gasteiger partial charge on any atom is -0.458 e. The third-order valence-electron chi connectivity index (χ3n) is 13.8. The van der Waals surface area contributed by atoms with Crippen LogP contribution in [-0.2, 0) is 0 Å². The van der Waals surface area contributed by atoms with E-state index in [2.05, 4.69) is 233 Å². The van der Waals surface area contributed by atoms with Crippen molar-refractivity contribution in [1.82, 2.24) is 0 Å². The van der Waals surface area contributed by atoms with Crippen LogP contribution in [0, 0.1) is 0 Å². The average molecular weight is 872 g/mol. The Bertz CT molecular complexity index is 3500. The van der Waals surface area contributed by atoms with Gasteiger partial charge >= 0.3 is 0 Å². The molecule has 0 bridgehead atoms. The molecule has 4 aliphatic heterocycles. The number of nitrogens with zero attached hydrogens (tertiary/aromatic N) is 3. The fourth-order valence-electron chi connectivity index (χ4n) is 10.9. The van der Waals surface area contributed by atoms with Crippen LogP contribution in [0.2, 0.25) is 0 Å². The molecule has 4 heterocycles. The van der Waals surface area contributed by atoms with Crippen molar-refractivity contribution in [2.45, 2.75) is 0 Å². The predicted molar refractivity (Wildman–Crippen MR) is 279 cm³/mol. The monoisotopic (exact) mass is 871 g/mol. The van der Waals surface area contributed by atoms with Crippen LogP contribution < -0.4 is 61.7 Å². The highest BCUT2D eigenvalue weighted by molar-refractivity contribution is 7.00. The molecule has 0 unspecified atom stereocenters. The predicted octanol–water partition coefficient (Wildman–Crippen LogP) is 11.8. The Labute approximate surface area is 395 Å². The first-order valence-electron chi connectivity index (χ1n) is 23.1. The van der Waals surface area contributed by atoms with Crippen LogP contribution in [0.4, 0.5) is 51.2 Å². The van der Waals surface area contributed by atoms with Crippen LogP contribution >= 0.6 is 0 Å². The van der Waals surface area contributed by atoms with Crippen LogP contribution in [-0.4, -0.2) is 13.4 Å². The third-order valence-corrected chi connectivity index (χ3v) is 13.8. The first-order chi connectivity index (χ1) is 33.7. The molecule has 10 aromatic rings. The van der Waals surface area contributed by atoms with Crippen molar-refractivity contribution < 1.29 is 14.2 Å². The van der Waals surface area contributed by atoms with E-state index in [0.29, 0.717) is 5.75 Å². The van der Waals surface area contributed by atoms with E-state index in [0.717, 1.165) is 107 Å². The number of hydrogen-bond donors (Lipinski definition) is 0. The van der Waals surface area contributed by atoms with Crippen LogP contribution in [0.5, 0.6) is 34.5 Å². The molecule has 0 fully saturated rings. The molecule has 0 N–H and O–H groups in total. The summed E-state index contributed by atoms with van der Waals surface area (Å²) < 4.78 is 21.8. The van der Waals surface area contributed by atoms with E-state index in [4.69, 9.17) is 14.2 Å². The van der Waals surface area contributed by atoms with Gasteiger partial charge in [-0.25, -0.2) is 0 Å². The molecule has 0 saturated carbocycles. The number of rotatable bonds is 7. The largest absolute Gasteiger partial charge is 0.458 e. The Morgan fingerprint density at radius 2 is 0.706 bits per heavy atom. The number of fused-ring (bicyclic) bond motifs is 9. The average Bonchev–Trinajstić information content (AvgIpc) is 3.40. The lowest BCUT2D eigenvalue weighted by atomic mass is 9.32. The van der Waals surface area contributed by atoms with Crippen LogP contribution in [0.25, 0.3) is 0 Å². The lowest BCUT2D eigenvalue weighted by molar-refractivity contribution is 0.421. The maximum absolute atomic E-state index is 7.52. The molecular formula is C60H39B2N3O3. The summed E-state index contributed by atoms with van der Waals surface area (Å²) in [5, 5.41) is 0. The Morgan fingerprint density at radius 1 is 0.294 bits per heavy atom. The van der Waals surface area contributed by atoms with Crippen LogP contribution in [0.3, 0.4) is 0 Å². The van der Waals surface area contributed by atoms with Gasteiger partial charge in [0.25, 0.3) is 13.4 Å².